The minimum Gasteiger partial charge on any atom is -0.497 e. The quantitative estimate of drug-likeness (QED) is 0.751. The van der Waals surface area contributed by atoms with Crippen LogP contribution >= 0.6 is 11.8 Å². The summed E-state index contributed by atoms with van der Waals surface area (Å²) in [4.78, 5) is 17.1. The number of carbonyl (C=O) groups excluding carboxylic acids is 1. The van der Waals surface area contributed by atoms with Gasteiger partial charge < -0.3 is 4.74 Å². The molecule has 4 rings (SSSR count). The molecule has 0 aliphatic carbocycles. The Morgan fingerprint density at radius 1 is 1.17 bits per heavy atom. The van der Waals surface area contributed by atoms with Gasteiger partial charge >= 0.3 is 0 Å². The number of hydrogen-bond acceptors (Lipinski definition) is 5. The van der Waals surface area contributed by atoms with E-state index in [-0.39, 0.29) is 17.9 Å². The number of benzene rings is 2. The van der Waals surface area contributed by atoms with E-state index in [2.05, 4.69) is 30.0 Å². The first kappa shape index (κ1) is 19.6. The van der Waals surface area contributed by atoms with Crippen LogP contribution in [0.2, 0.25) is 0 Å². The van der Waals surface area contributed by atoms with E-state index >= 15 is 0 Å². The van der Waals surface area contributed by atoms with Gasteiger partial charge in [0.1, 0.15) is 5.75 Å². The Morgan fingerprint density at radius 2 is 1.90 bits per heavy atom. The fourth-order valence-corrected chi connectivity index (χ4v) is 5.14. The van der Waals surface area contributed by atoms with Crippen molar-refractivity contribution in [2.45, 2.75) is 25.3 Å². The summed E-state index contributed by atoms with van der Waals surface area (Å²) in [7, 11) is 1.63. The average molecular weight is 406 g/mol. The van der Waals surface area contributed by atoms with Gasteiger partial charge in [0.05, 0.1) is 36.3 Å². The number of nitrogens with zero attached hydrogens (tertiary/aromatic N) is 3. The number of fused-ring (bicyclic) bond motifs is 1. The maximum Gasteiger partial charge on any atom is 0.229 e. The Labute approximate surface area is 175 Å². The third kappa shape index (κ3) is 3.76. The summed E-state index contributed by atoms with van der Waals surface area (Å²) in [5, 5.41) is 10.7. The maximum absolute atomic E-state index is 13.0. The van der Waals surface area contributed by atoms with E-state index in [4.69, 9.17) is 4.74 Å². The topological polar surface area (TPSA) is 56.6 Å². The van der Waals surface area contributed by atoms with Crippen molar-refractivity contribution in [3.63, 3.8) is 0 Å². The molecule has 0 spiro atoms. The SMILES string of the molecule is COc1ccc([C@@H]2CC(=O)N3CN([C@@H](C)c4ccccc4)CSC3=C2C#N)cc1. The van der Waals surface area contributed by atoms with Crippen LogP contribution in [-0.4, -0.2) is 35.4 Å². The molecule has 2 aromatic carbocycles. The molecule has 29 heavy (non-hydrogen) atoms. The van der Waals surface area contributed by atoms with Crippen LogP contribution in [-0.2, 0) is 4.79 Å². The van der Waals surface area contributed by atoms with Crippen molar-refractivity contribution in [2.75, 3.05) is 19.7 Å². The second kappa shape index (κ2) is 8.32. The molecule has 6 heteroatoms. The van der Waals surface area contributed by atoms with E-state index in [1.54, 1.807) is 23.8 Å². The van der Waals surface area contributed by atoms with Gasteiger partial charge in [-0.3, -0.25) is 14.6 Å². The van der Waals surface area contributed by atoms with Gasteiger partial charge in [0.25, 0.3) is 0 Å². The summed E-state index contributed by atoms with van der Waals surface area (Å²) < 4.78 is 5.23. The van der Waals surface area contributed by atoms with E-state index in [1.807, 2.05) is 42.5 Å². The van der Waals surface area contributed by atoms with Gasteiger partial charge in [0.2, 0.25) is 5.91 Å². The summed E-state index contributed by atoms with van der Waals surface area (Å²) >= 11 is 1.58. The Kier molecular flexibility index (Phi) is 5.61. The van der Waals surface area contributed by atoms with E-state index in [9.17, 15) is 10.1 Å². The molecule has 2 atom stereocenters. The van der Waals surface area contributed by atoms with Crippen LogP contribution < -0.4 is 4.74 Å². The molecule has 5 nitrogen and oxygen atoms in total. The lowest BCUT2D eigenvalue weighted by atomic mass is 9.86. The van der Waals surface area contributed by atoms with E-state index in [0.717, 1.165) is 22.2 Å². The van der Waals surface area contributed by atoms with Gasteiger partial charge in [-0.25, -0.2) is 0 Å². The van der Waals surface area contributed by atoms with Crippen molar-refractivity contribution < 1.29 is 9.53 Å². The molecule has 0 bridgehead atoms. The lowest BCUT2D eigenvalue weighted by molar-refractivity contribution is -0.132. The zero-order chi connectivity index (χ0) is 20.4. The second-order valence-corrected chi connectivity index (χ2v) is 8.21. The molecule has 1 saturated heterocycles. The third-order valence-electron chi connectivity index (χ3n) is 5.66. The minimum absolute atomic E-state index is 0.0669. The highest BCUT2D eigenvalue weighted by molar-refractivity contribution is 8.03. The molecule has 2 aliphatic rings. The smallest absolute Gasteiger partial charge is 0.229 e. The van der Waals surface area contributed by atoms with Crippen molar-refractivity contribution in [3.05, 3.63) is 76.3 Å². The molecule has 0 aromatic heterocycles. The molecule has 0 radical (unpaired) electrons. The minimum atomic E-state index is -0.199. The van der Waals surface area contributed by atoms with Crippen molar-refractivity contribution in [1.29, 1.82) is 5.26 Å². The molecule has 1 fully saturated rings. The van der Waals surface area contributed by atoms with Crippen molar-refractivity contribution in [1.82, 2.24) is 9.80 Å². The number of nitriles is 1. The van der Waals surface area contributed by atoms with Crippen molar-refractivity contribution in [3.8, 4) is 11.8 Å². The van der Waals surface area contributed by atoms with E-state index in [0.29, 0.717) is 18.7 Å². The number of rotatable bonds is 4. The predicted molar refractivity (Wildman–Crippen MR) is 114 cm³/mol. The molecule has 0 N–H and O–H groups in total. The highest BCUT2D eigenvalue weighted by atomic mass is 32.2. The Bertz CT molecular complexity index is 966. The van der Waals surface area contributed by atoms with E-state index < -0.39 is 0 Å². The predicted octanol–water partition coefficient (Wildman–Crippen LogP) is 4.47. The second-order valence-electron chi connectivity index (χ2n) is 7.27. The Hall–Kier alpha value is -2.75. The monoisotopic (exact) mass is 405 g/mol. The average Bonchev–Trinajstić information content (AvgIpc) is 2.79. The first-order chi connectivity index (χ1) is 14.1. The molecule has 1 amide bonds. The fourth-order valence-electron chi connectivity index (χ4n) is 3.88. The molecule has 2 heterocycles. The summed E-state index contributed by atoms with van der Waals surface area (Å²) in [6, 6.07) is 20.5. The lowest BCUT2D eigenvalue weighted by Gasteiger charge is -2.43. The number of hydrogen-bond donors (Lipinski definition) is 0. The summed E-state index contributed by atoms with van der Waals surface area (Å²) in [6.07, 6.45) is 0.312. The standard InChI is InChI=1S/C23H23N3O2S/c1-16(17-6-4-3-5-7-17)25-14-26-22(27)12-20(21(13-24)23(26)29-15-25)18-8-10-19(28-2)11-9-18/h3-11,16,20H,12,14-15H2,1-2H3/t16-,20-/m0/s1. The first-order valence-electron chi connectivity index (χ1n) is 9.62. The van der Waals surface area contributed by atoms with Gasteiger partial charge in [-0.05, 0) is 30.2 Å². The lowest BCUT2D eigenvalue weighted by Crippen LogP contribution is -2.47. The highest BCUT2D eigenvalue weighted by Crippen LogP contribution is 2.43. The number of carbonyl (C=O) groups is 1. The maximum atomic E-state index is 13.0. The number of methoxy groups -OCH3 is 1. The van der Waals surface area contributed by atoms with Crippen LogP contribution in [0, 0.1) is 11.3 Å². The first-order valence-corrected chi connectivity index (χ1v) is 10.6. The molecular weight excluding hydrogens is 382 g/mol. The normalized spacial score (nSPS) is 20.8. The Balaban J connectivity index is 1.60. The summed E-state index contributed by atoms with van der Waals surface area (Å²) in [5.74, 6) is 1.38. The third-order valence-corrected chi connectivity index (χ3v) is 6.84. The molecule has 148 valence electrons. The summed E-state index contributed by atoms with van der Waals surface area (Å²) in [6.45, 7) is 2.67. The van der Waals surface area contributed by atoms with Crippen LogP contribution in [0.3, 0.4) is 0 Å². The van der Waals surface area contributed by atoms with Crippen LogP contribution in [0.1, 0.15) is 36.4 Å². The van der Waals surface area contributed by atoms with Crippen LogP contribution in [0.15, 0.2) is 65.2 Å². The molecule has 0 unspecified atom stereocenters. The fraction of sp³-hybridized carbons (Fsp3) is 0.304. The van der Waals surface area contributed by atoms with Gasteiger partial charge in [-0.1, -0.05) is 54.2 Å². The molecule has 2 aromatic rings. The summed E-state index contributed by atoms with van der Waals surface area (Å²) in [5.41, 5.74) is 2.89. The zero-order valence-corrected chi connectivity index (χ0v) is 17.4. The number of ether oxygens (including phenoxy) is 1. The Morgan fingerprint density at radius 3 is 2.55 bits per heavy atom. The van der Waals surface area contributed by atoms with Crippen LogP contribution in [0.25, 0.3) is 0 Å². The zero-order valence-electron chi connectivity index (χ0n) is 16.5. The van der Waals surface area contributed by atoms with Crippen LogP contribution in [0.5, 0.6) is 5.75 Å². The van der Waals surface area contributed by atoms with Crippen molar-refractivity contribution >= 4 is 17.7 Å². The number of thioether (sulfide) groups is 1. The highest BCUT2D eigenvalue weighted by Gasteiger charge is 2.39. The largest absolute Gasteiger partial charge is 0.497 e. The van der Waals surface area contributed by atoms with E-state index in [1.165, 1.54) is 5.56 Å². The molecule has 0 saturated carbocycles. The number of amides is 1. The van der Waals surface area contributed by atoms with Gasteiger partial charge in [0, 0.05) is 18.4 Å². The van der Waals surface area contributed by atoms with Crippen molar-refractivity contribution in [2.24, 2.45) is 0 Å². The van der Waals surface area contributed by atoms with Gasteiger partial charge in [-0.15, -0.1) is 0 Å². The molecular formula is C23H23N3O2S. The number of allylic oxidation sites excluding steroid dienone is 1. The van der Waals surface area contributed by atoms with Crippen LogP contribution in [0.4, 0.5) is 0 Å². The molecule has 2 aliphatic heterocycles. The van der Waals surface area contributed by atoms with Gasteiger partial charge in [0.15, 0.2) is 0 Å². The van der Waals surface area contributed by atoms with Gasteiger partial charge in [-0.2, -0.15) is 5.26 Å².